The number of carbonyl (C=O) groups excluding carboxylic acids is 1. The summed E-state index contributed by atoms with van der Waals surface area (Å²) in [4.78, 5) is 16.5. The Labute approximate surface area is 170 Å². The number of nitrogens with zero attached hydrogens (tertiary/aromatic N) is 3. The first-order chi connectivity index (χ1) is 13.2. The number of aromatic nitrogens is 2. The standard InChI is InChI=1S/C18H19Cl2F3N4O/c19-13-4-3-12(14(20)9-13)11-27(8-7-26-5-1-2-6-26)17(28)15-10-16(25-24-15)18(21,22)23/h3-4,9-10H,1-2,5-8,11H2,(H,24,25). The Bertz CT molecular complexity index is 834. The number of amides is 1. The fraction of sp³-hybridized carbons (Fsp3) is 0.444. The lowest BCUT2D eigenvalue weighted by atomic mass is 10.2. The summed E-state index contributed by atoms with van der Waals surface area (Å²) in [6.07, 6.45) is -2.39. The van der Waals surface area contributed by atoms with E-state index in [0.717, 1.165) is 32.0 Å². The molecule has 1 aliphatic heterocycles. The lowest BCUT2D eigenvalue weighted by molar-refractivity contribution is -0.141. The minimum atomic E-state index is -4.59. The first kappa shape index (κ1) is 21.0. The predicted octanol–water partition coefficient (Wildman–Crippen LogP) is 4.47. The lowest BCUT2D eigenvalue weighted by Gasteiger charge is -2.25. The molecule has 0 saturated carbocycles. The van der Waals surface area contributed by atoms with E-state index in [4.69, 9.17) is 23.2 Å². The van der Waals surface area contributed by atoms with Crippen LogP contribution >= 0.6 is 23.2 Å². The monoisotopic (exact) mass is 434 g/mol. The van der Waals surface area contributed by atoms with Gasteiger partial charge in [-0.05, 0) is 43.6 Å². The van der Waals surface area contributed by atoms with Gasteiger partial charge in [-0.25, -0.2) is 0 Å². The Balaban J connectivity index is 1.79. The van der Waals surface area contributed by atoms with E-state index in [1.165, 1.54) is 4.90 Å². The van der Waals surface area contributed by atoms with Crippen LogP contribution in [-0.2, 0) is 12.7 Å². The lowest BCUT2D eigenvalue weighted by Crippen LogP contribution is -2.37. The average molecular weight is 435 g/mol. The molecule has 0 bridgehead atoms. The minimum absolute atomic E-state index is 0.150. The second-order valence-corrected chi connectivity index (χ2v) is 7.52. The van der Waals surface area contributed by atoms with Crippen molar-refractivity contribution in [3.8, 4) is 0 Å². The Hall–Kier alpha value is -1.77. The van der Waals surface area contributed by atoms with Crippen LogP contribution in [0.3, 0.4) is 0 Å². The highest BCUT2D eigenvalue weighted by Crippen LogP contribution is 2.28. The number of likely N-dealkylation sites (tertiary alicyclic amines) is 1. The van der Waals surface area contributed by atoms with Gasteiger partial charge in [0.2, 0.25) is 0 Å². The van der Waals surface area contributed by atoms with Gasteiger partial charge in [-0.15, -0.1) is 0 Å². The van der Waals surface area contributed by atoms with Crippen LogP contribution in [0.4, 0.5) is 13.2 Å². The van der Waals surface area contributed by atoms with Crippen LogP contribution in [-0.4, -0.2) is 52.1 Å². The van der Waals surface area contributed by atoms with E-state index in [1.807, 2.05) is 5.10 Å². The third-order valence-corrected chi connectivity index (χ3v) is 5.24. The number of nitrogens with one attached hydrogen (secondary N) is 1. The molecule has 5 nitrogen and oxygen atoms in total. The van der Waals surface area contributed by atoms with E-state index in [1.54, 1.807) is 18.2 Å². The van der Waals surface area contributed by atoms with Gasteiger partial charge < -0.3 is 9.80 Å². The number of halogens is 5. The summed E-state index contributed by atoms with van der Waals surface area (Å²) < 4.78 is 38.5. The Morgan fingerprint density at radius 3 is 2.54 bits per heavy atom. The molecule has 28 heavy (non-hydrogen) atoms. The summed E-state index contributed by atoms with van der Waals surface area (Å²) in [6, 6.07) is 5.65. The highest BCUT2D eigenvalue weighted by atomic mass is 35.5. The fourth-order valence-electron chi connectivity index (χ4n) is 3.11. The van der Waals surface area contributed by atoms with Crippen LogP contribution in [0.1, 0.15) is 34.6 Å². The molecule has 0 spiro atoms. The van der Waals surface area contributed by atoms with Crippen molar-refractivity contribution in [2.45, 2.75) is 25.6 Å². The van der Waals surface area contributed by atoms with Gasteiger partial charge in [0.15, 0.2) is 5.69 Å². The molecular weight excluding hydrogens is 416 g/mol. The number of aromatic amines is 1. The molecule has 2 aromatic rings. The number of rotatable bonds is 6. The topological polar surface area (TPSA) is 52.2 Å². The van der Waals surface area contributed by atoms with E-state index < -0.39 is 17.8 Å². The molecule has 1 fully saturated rings. The SMILES string of the molecule is O=C(c1cc(C(F)(F)F)[nH]n1)N(CCN1CCCC1)Cc1ccc(Cl)cc1Cl. The predicted molar refractivity (Wildman–Crippen MR) is 100 cm³/mol. The number of hydrogen-bond acceptors (Lipinski definition) is 3. The second kappa shape index (κ2) is 8.71. The van der Waals surface area contributed by atoms with Crippen molar-refractivity contribution in [1.29, 1.82) is 0 Å². The Morgan fingerprint density at radius 2 is 1.93 bits per heavy atom. The van der Waals surface area contributed by atoms with Gasteiger partial charge in [-0.3, -0.25) is 9.89 Å². The molecule has 0 atom stereocenters. The zero-order valence-electron chi connectivity index (χ0n) is 14.9. The molecule has 1 N–H and O–H groups in total. The summed E-state index contributed by atoms with van der Waals surface area (Å²) in [5.74, 6) is -0.586. The second-order valence-electron chi connectivity index (χ2n) is 6.68. The first-order valence-corrected chi connectivity index (χ1v) is 9.58. The van der Waals surface area contributed by atoms with E-state index in [0.29, 0.717) is 28.7 Å². The van der Waals surface area contributed by atoms with Crippen LogP contribution < -0.4 is 0 Å². The molecule has 1 aromatic heterocycles. The van der Waals surface area contributed by atoms with E-state index in [9.17, 15) is 18.0 Å². The van der Waals surface area contributed by atoms with Crippen molar-refractivity contribution >= 4 is 29.1 Å². The zero-order valence-corrected chi connectivity index (χ0v) is 16.4. The Morgan fingerprint density at radius 1 is 1.21 bits per heavy atom. The number of carbonyl (C=O) groups is 1. The number of H-pyrrole nitrogens is 1. The zero-order chi connectivity index (χ0) is 20.3. The van der Waals surface area contributed by atoms with Crippen molar-refractivity contribution in [1.82, 2.24) is 20.0 Å². The number of alkyl halides is 3. The van der Waals surface area contributed by atoms with Crippen molar-refractivity contribution in [3.05, 3.63) is 51.3 Å². The van der Waals surface area contributed by atoms with Crippen LogP contribution in [0, 0.1) is 0 Å². The maximum atomic E-state index is 12.9. The van der Waals surface area contributed by atoms with Gasteiger partial charge in [0, 0.05) is 35.7 Å². The van der Waals surface area contributed by atoms with Gasteiger partial charge >= 0.3 is 6.18 Å². The third-order valence-electron chi connectivity index (χ3n) is 4.65. The minimum Gasteiger partial charge on any atom is -0.332 e. The highest BCUT2D eigenvalue weighted by Gasteiger charge is 2.34. The van der Waals surface area contributed by atoms with Gasteiger partial charge in [0.1, 0.15) is 5.69 Å². The Kier molecular flexibility index (Phi) is 6.52. The molecule has 3 rings (SSSR count). The van der Waals surface area contributed by atoms with Gasteiger partial charge in [-0.1, -0.05) is 29.3 Å². The molecule has 1 aromatic carbocycles. The van der Waals surface area contributed by atoms with Crippen LogP contribution in [0.2, 0.25) is 10.0 Å². The molecule has 10 heteroatoms. The van der Waals surface area contributed by atoms with Crippen molar-refractivity contribution < 1.29 is 18.0 Å². The molecule has 152 valence electrons. The molecule has 1 saturated heterocycles. The van der Waals surface area contributed by atoms with Gasteiger partial charge in [0.05, 0.1) is 0 Å². The summed E-state index contributed by atoms with van der Waals surface area (Å²) in [5, 5.41) is 6.30. The van der Waals surface area contributed by atoms with Crippen LogP contribution in [0.5, 0.6) is 0 Å². The quantitative estimate of drug-likeness (QED) is 0.729. The normalized spacial score (nSPS) is 15.2. The smallest absolute Gasteiger partial charge is 0.332 e. The number of hydrogen-bond donors (Lipinski definition) is 1. The molecular formula is C18H19Cl2F3N4O. The van der Waals surface area contributed by atoms with Crippen LogP contribution in [0.25, 0.3) is 0 Å². The summed E-state index contributed by atoms with van der Waals surface area (Å²) in [7, 11) is 0. The van der Waals surface area contributed by atoms with E-state index >= 15 is 0 Å². The van der Waals surface area contributed by atoms with Gasteiger partial charge in [0.25, 0.3) is 5.91 Å². The maximum absolute atomic E-state index is 12.9. The van der Waals surface area contributed by atoms with Crippen molar-refractivity contribution in [2.24, 2.45) is 0 Å². The molecule has 0 radical (unpaired) electrons. The summed E-state index contributed by atoms with van der Waals surface area (Å²) in [6.45, 7) is 3.03. The first-order valence-electron chi connectivity index (χ1n) is 8.82. The average Bonchev–Trinajstić information content (AvgIpc) is 3.31. The van der Waals surface area contributed by atoms with Gasteiger partial charge in [-0.2, -0.15) is 18.3 Å². The van der Waals surface area contributed by atoms with Crippen molar-refractivity contribution in [3.63, 3.8) is 0 Å². The fourth-order valence-corrected chi connectivity index (χ4v) is 3.58. The maximum Gasteiger partial charge on any atom is 0.432 e. The van der Waals surface area contributed by atoms with E-state index in [-0.39, 0.29) is 12.2 Å². The summed E-state index contributed by atoms with van der Waals surface area (Å²) in [5.41, 5.74) is -0.675. The molecule has 0 aliphatic carbocycles. The third kappa shape index (κ3) is 5.18. The molecule has 1 amide bonds. The summed E-state index contributed by atoms with van der Waals surface area (Å²) >= 11 is 12.1. The van der Waals surface area contributed by atoms with E-state index in [2.05, 4.69) is 10.00 Å². The van der Waals surface area contributed by atoms with Crippen LogP contribution in [0.15, 0.2) is 24.3 Å². The highest BCUT2D eigenvalue weighted by molar-refractivity contribution is 6.35. The molecule has 2 heterocycles. The molecule has 0 unspecified atom stereocenters. The number of benzene rings is 1. The largest absolute Gasteiger partial charge is 0.432 e. The molecule has 1 aliphatic rings. The van der Waals surface area contributed by atoms with Crippen molar-refractivity contribution in [2.75, 3.05) is 26.2 Å².